The molecule has 2 aromatic rings. The van der Waals surface area contributed by atoms with Gasteiger partial charge in [0.25, 0.3) is 5.91 Å². The first-order chi connectivity index (χ1) is 16.0. The number of nitrogens with one attached hydrogen (secondary N) is 2. The van der Waals surface area contributed by atoms with Crippen molar-refractivity contribution < 1.29 is 24.2 Å². The van der Waals surface area contributed by atoms with Crippen LogP contribution in [-0.2, 0) is 12.0 Å². The van der Waals surface area contributed by atoms with Gasteiger partial charge < -0.3 is 24.8 Å². The van der Waals surface area contributed by atoms with Crippen LogP contribution in [0.25, 0.3) is 0 Å². The normalized spacial score (nSPS) is 12.6. The molecule has 3 rings (SSSR count). The predicted octanol–water partition coefficient (Wildman–Crippen LogP) is 4.45. The molecule has 1 amide bonds. The van der Waals surface area contributed by atoms with E-state index in [1.807, 2.05) is 34.6 Å². The second kappa shape index (κ2) is 11.1. The van der Waals surface area contributed by atoms with Crippen molar-refractivity contribution >= 4 is 34.5 Å². The summed E-state index contributed by atoms with van der Waals surface area (Å²) >= 11 is 0. The van der Waals surface area contributed by atoms with Crippen LogP contribution < -0.4 is 14.8 Å². The van der Waals surface area contributed by atoms with E-state index < -0.39 is 5.41 Å². The van der Waals surface area contributed by atoms with Gasteiger partial charge in [0.1, 0.15) is 11.6 Å². The zero-order valence-corrected chi connectivity index (χ0v) is 22.8. The van der Waals surface area contributed by atoms with E-state index >= 15 is 0 Å². The van der Waals surface area contributed by atoms with Crippen LogP contribution in [0, 0.1) is 5.41 Å². The number of amidine groups is 1. The number of halogens is 1. The molecule has 3 N–H and O–H groups in total. The van der Waals surface area contributed by atoms with Crippen molar-refractivity contribution in [2.75, 3.05) is 26.8 Å². The number of hydrogen-bond donors (Lipinski definition) is 3. The van der Waals surface area contributed by atoms with Gasteiger partial charge in [0.05, 0.1) is 25.3 Å². The molecule has 1 aliphatic rings. The van der Waals surface area contributed by atoms with Gasteiger partial charge in [-0.1, -0.05) is 20.8 Å². The summed E-state index contributed by atoms with van der Waals surface area (Å²) in [6, 6.07) is 6.68. The molecular weight excluding hydrogens is 514 g/mol. The van der Waals surface area contributed by atoms with Gasteiger partial charge in [-0.15, -0.1) is 17.0 Å². The number of amides is 1. The van der Waals surface area contributed by atoms with Crippen LogP contribution in [0.5, 0.6) is 17.2 Å². The molecule has 9 heteroatoms. The maximum absolute atomic E-state index is 13.3. The number of aromatic hydroxyl groups is 1. The van der Waals surface area contributed by atoms with Gasteiger partial charge in [0.15, 0.2) is 17.3 Å². The predicted molar refractivity (Wildman–Crippen MR) is 141 cm³/mol. The lowest BCUT2D eigenvalue weighted by Crippen LogP contribution is -2.30. The Hall–Kier alpha value is -3.07. The summed E-state index contributed by atoms with van der Waals surface area (Å²) in [6.07, 6.45) is 0. The van der Waals surface area contributed by atoms with E-state index in [2.05, 4.69) is 5.32 Å². The number of phenolic OH excluding ortho intramolecular Hbond substituents is 1. The number of hydrogen-bond acceptors (Lipinski definition) is 6. The zero-order valence-electron chi connectivity index (χ0n) is 21.1. The highest BCUT2D eigenvalue weighted by Gasteiger charge is 2.30. The molecule has 0 saturated carbocycles. The first-order valence-corrected chi connectivity index (χ1v) is 11.4. The molecule has 0 atom stereocenters. The summed E-state index contributed by atoms with van der Waals surface area (Å²) in [7, 11) is 1.54. The number of carbonyl (C=O) groups is 2. The third-order valence-electron chi connectivity index (χ3n) is 5.75. The number of rotatable bonds is 8. The second-order valence-corrected chi connectivity index (χ2v) is 9.20. The molecule has 1 aliphatic heterocycles. The molecule has 0 aliphatic carbocycles. The van der Waals surface area contributed by atoms with E-state index in [-0.39, 0.29) is 52.6 Å². The van der Waals surface area contributed by atoms with Crippen molar-refractivity contribution in [1.29, 1.82) is 5.41 Å². The fraction of sp³-hybridized carbons (Fsp3) is 0.423. The van der Waals surface area contributed by atoms with Crippen LogP contribution >= 0.6 is 17.0 Å². The number of nitrogens with zero attached hydrogens (tertiary/aromatic N) is 1. The molecule has 0 spiro atoms. The first-order valence-electron chi connectivity index (χ1n) is 11.4. The molecule has 0 aromatic heterocycles. The summed E-state index contributed by atoms with van der Waals surface area (Å²) in [5, 5.41) is 21.9. The van der Waals surface area contributed by atoms with Gasteiger partial charge >= 0.3 is 0 Å². The van der Waals surface area contributed by atoms with E-state index in [0.29, 0.717) is 47.8 Å². The standard InChI is InChI=1S/C26H33N3O5.BrH/c1-7-33-21-11-16-13-29(24(27)17(16)12-18(21)25(32)28-6)14-20(30)15-9-19(26(3,4)5)23(31)22(10-15)34-8-2;/h9-12,27,31H,7-8,13-14H2,1-6H3,(H,28,32);1H. The topological polar surface area (TPSA) is 112 Å². The SMILES string of the molecule is Br.CCOc1cc2c(cc1C(=O)NC)C(=N)N(CC(=O)c1cc(OCC)c(O)c(C(C)(C)C)c1)C2. The Morgan fingerprint density at radius 1 is 1.09 bits per heavy atom. The van der Waals surface area contributed by atoms with E-state index in [0.717, 1.165) is 5.56 Å². The van der Waals surface area contributed by atoms with E-state index in [1.165, 1.54) is 0 Å². The fourth-order valence-electron chi connectivity index (χ4n) is 4.02. The number of carbonyl (C=O) groups excluding carboxylic acids is 2. The lowest BCUT2D eigenvalue weighted by molar-refractivity contribution is 0.0952. The highest BCUT2D eigenvalue weighted by atomic mass is 79.9. The second-order valence-electron chi connectivity index (χ2n) is 9.20. The fourth-order valence-corrected chi connectivity index (χ4v) is 4.02. The molecule has 1 heterocycles. The first kappa shape index (κ1) is 28.2. The Morgan fingerprint density at radius 3 is 2.29 bits per heavy atom. The molecule has 0 unspecified atom stereocenters. The van der Waals surface area contributed by atoms with Crippen LogP contribution in [0.3, 0.4) is 0 Å². The van der Waals surface area contributed by atoms with Crippen molar-refractivity contribution in [3.8, 4) is 17.2 Å². The Balaban J connectivity index is 0.00000432. The maximum atomic E-state index is 13.3. The van der Waals surface area contributed by atoms with Gasteiger partial charge in [-0.2, -0.15) is 0 Å². The Morgan fingerprint density at radius 2 is 1.71 bits per heavy atom. The summed E-state index contributed by atoms with van der Waals surface area (Å²) in [5.41, 5.74) is 2.43. The molecule has 8 nitrogen and oxygen atoms in total. The minimum absolute atomic E-state index is 0. The Labute approximate surface area is 216 Å². The number of ether oxygens (including phenoxy) is 2. The molecule has 0 bridgehead atoms. The average molecular weight is 548 g/mol. The maximum Gasteiger partial charge on any atom is 0.254 e. The van der Waals surface area contributed by atoms with Crippen molar-refractivity contribution in [2.24, 2.45) is 0 Å². The molecule has 35 heavy (non-hydrogen) atoms. The quantitative estimate of drug-likeness (QED) is 0.421. The number of phenols is 1. The van der Waals surface area contributed by atoms with E-state index in [4.69, 9.17) is 14.9 Å². The highest BCUT2D eigenvalue weighted by Crippen LogP contribution is 2.39. The minimum atomic E-state index is -0.394. The van der Waals surface area contributed by atoms with Crippen LogP contribution in [0.1, 0.15) is 72.0 Å². The third kappa shape index (κ3) is 5.78. The molecule has 0 fully saturated rings. The van der Waals surface area contributed by atoms with Crippen LogP contribution in [0.15, 0.2) is 24.3 Å². The summed E-state index contributed by atoms with van der Waals surface area (Å²) < 4.78 is 11.2. The van der Waals surface area contributed by atoms with Gasteiger partial charge in [-0.25, -0.2) is 0 Å². The van der Waals surface area contributed by atoms with Crippen molar-refractivity contribution in [2.45, 2.75) is 46.6 Å². The molecule has 0 saturated heterocycles. The van der Waals surface area contributed by atoms with E-state index in [1.54, 1.807) is 36.2 Å². The monoisotopic (exact) mass is 547 g/mol. The minimum Gasteiger partial charge on any atom is -0.504 e. The largest absolute Gasteiger partial charge is 0.504 e. The van der Waals surface area contributed by atoms with Crippen LogP contribution in [0.4, 0.5) is 0 Å². The number of ketones is 1. The summed E-state index contributed by atoms with van der Waals surface area (Å²) in [6.45, 7) is 10.6. The van der Waals surface area contributed by atoms with Crippen molar-refractivity contribution in [1.82, 2.24) is 10.2 Å². The van der Waals surface area contributed by atoms with Crippen LogP contribution in [0.2, 0.25) is 0 Å². The van der Waals surface area contributed by atoms with Gasteiger partial charge in [-0.05, 0) is 49.1 Å². The molecule has 190 valence electrons. The number of benzene rings is 2. The summed E-state index contributed by atoms with van der Waals surface area (Å²) in [4.78, 5) is 27.3. The Kier molecular flexibility index (Phi) is 8.94. The number of Topliss-reactive ketones (excluding diaryl/α,β-unsaturated/α-hetero) is 1. The Bertz CT molecular complexity index is 1140. The average Bonchev–Trinajstić information content (AvgIpc) is 3.07. The summed E-state index contributed by atoms with van der Waals surface area (Å²) in [5.74, 6) is 0.455. The van der Waals surface area contributed by atoms with Gasteiger partial charge in [0.2, 0.25) is 0 Å². The molecule has 0 radical (unpaired) electrons. The smallest absolute Gasteiger partial charge is 0.254 e. The van der Waals surface area contributed by atoms with Gasteiger partial charge in [0, 0.05) is 30.3 Å². The third-order valence-corrected chi connectivity index (χ3v) is 5.75. The lowest BCUT2D eigenvalue weighted by Gasteiger charge is -2.23. The van der Waals surface area contributed by atoms with Gasteiger partial charge in [-0.3, -0.25) is 15.0 Å². The molecular formula is C26H34BrN3O5. The molecule has 2 aromatic carbocycles. The lowest BCUT2D eigenvalue weighted by atomic mass is 9.84. The zero-order chi connectivity index (χ0) is 25.2. The number of fused-ring (bicyclic) bond motifs is 1. The van der Waals surface area contributed by atoms with Crippen molar-refractivity contribution in [3.63, 3.8) is 0 Å². The highest BCUT2D eigenvalue weighted by molar-refractivity contribution is 8.93. The van der Waals surface area contributed by atoms with Crippen LogP contribution in [-0.4, -0.2) is 54.3 Å². The van der Waals surface area contributed by atoms with E-state index in [9.17, 15) is 14.7 Å². The van der Waals surface area contributed by atoms with Crippen molar-refractivity contribution in [3.05, 3.63) is 52.1 Å².